The fraction of sp³-hybridized carbons (Fsp3) is 0.333. The lowest BCUT2D eigenvalue weighted by Crippen LogP contribution is -2.40. The summed E-state index contributed by atoms with van der Waals surface area (Å²) in [6, 6.07) is 1.93. The third-order valence-electron chi connectivity index (χ3n) is 2.16. The third kappa shape index (κ3) is 2.96. The van der Waals surface area contributed by atoms with Crippen molar-refractivity contribution in [1.82, 2.24) is 0 Å². The summed E-state index contributed by atoms with van der Waals surface area (Å²) in [7, 11) is 2.43. The summed E-state index contributed by atoms with van der Waals surface area (Å²) in [5.74, 6) is -1.46. The molecular formula is C12H15NO4. The van der Waals surface area contributed by atoms with Crippen molar-refractivity contribution in [2.75, 3.05) is 14.2 Å². The highest BCUT2D eigenvalue weighted by molar-refractivity contribution is 6.06. The zero-order valence-electron chi connectivity index (χ0n) is 10.3. The molecule has 0 amide bonds. The predicted molar refractivity (Wildman–Crippen MR) is 58.4 cm³/mol. The van der Waals surface area contributed by atoms with Gasteiger partial charge in [-0.15, -0.1) is 0 Å². The average molecular weight is 237 g/mol. The van der Waals surface area contributed by atoms with Crippen LogP contribution >= 0.6 is 0 Å². The molecule has 1 rings (SSSR count). The number of aryl methyl sites for hydroxylation is 2. The van der Waals surface area contributed by atoms with E-state index in [-0.39, 0.29) is 5.70 Å². The number of methoxy groups -OCH3 is 2. The minimum Gasteiger partial charge on any atom is -0.612 e. The second-order valence-electron chi connectivity index (χ2n) is 3.63. The first-order chi connectivity index (χ1) is 7.99. The van der Waals surface area contributed by atoms with Crippen LogP contribution in [-0.2, 0) is 14.3 Å². The second-order valence-corrected chi connectivity index (χ2v) is 3.63. The van der Waals surface area contributed by atoms with Crippen molar-refractivity contribution in [1.29, 1.82) is 0 Å². The Morgan fingerprint density at radius 1 is 1.18 bits per heavy atom. The number of carbonyl (C=O) groups is 1. The Morgan fingerprint density at radius 2 is 1.71 bits per heavy atom. The van der Waals surface area contributed by atoms with Gasteiger partial charge in [-0.1, -0.05) is 0 Å². The van der Waals surface area contributed by atoms with Crippen molar-refractivity contribution in [3.63, 3.8) is 0 Å². The normalized spacial score (nSPS) is 11.8. The van der Waals surface area contributed by atoms with Gasteiger partial charge in [0.25, 0.3) is 0 Å². The molecule has 0 spiro atoms. The van der Waals surface area contributed by atoms with Gasteiger partial charge >= 0.3 is 11.7 Å². The van der Waals surface area contributed by atoms with Crippen LogP contribution < -0.4 is 9.67 Å². The van der Waals surface area contributed by atoms with Gasteiger partial charge in [-0.3, -0.25) is 0 Å². The molecule has 5 heteroatoms. The molecule has 0 aromatic carbocycles. The fourth-order valence-electron chi connectivity index (χ4n) is 1.53. The van der Waals surface area contributed by atoms with Crippen molar-refractivity contribution in [2.45, 2.75) is 13.8 Å². The maximum atomic E-state index is 11.6. The molecular weight excluding hydrogens is 222 g/mol. The van der Waals surface area contributed by atoms with Crippen molar-refractivity contribution in [3.8, 4) is 0 Å². The van der Waals surface area contributed by atoms with E-state index in [1.165, 1.54) is 18.8 Å². The molecule has 0 aliphatic rings. The zero-order chi connectivity index (χ0) is 13.0. The molecule has 0 aliphatic heterocycles. The SMILES string of the molecule is COC(=O)/C(=C(/[O-])OC)[n+]1cc(C)cc(C)c1. The molecule has 0 bridgehead atoms. The summed E-state index contributed by atoms with van der Waals surface area (Å²) in [4.78, 5) is 11.6. The molecule has 0 N–H and O–H groups in total. The lowest BCUT2D eigenvalue weighted by molar-refractivity contribution is -0.586. The number of hydrogen-bond donors (Lipinski definition) is 0. The van der Waals surface area contributed by atoms with Crippen LogP contribution in [0.1, 0.15) is 11.1 Å². The highest BCUT2D eigenvalue weighted by Crippen LogP contribution is 2.05. The van der Waals surface area contributed by atoms with Crippen molar-refractivity contribution < 1.29 is 23.9 Å². The van der Waals surface area contributed by atoms with Crippen LogP contribution in [-0.4, -0.2) is 20.2 Å². The molecule has 0 fully saturated rings. The monoisotopic (exact) mass is 237 g/mol. The Labute approximate surface area is 99.9 Å². The fourth-order valence-corrected chi connectivity index (χ4v) is 1.53. The molecule has 1 aromatic heterocycles. The first-order valence-corrected chi connectivity index (χ1v) is 5.03. The Bertz CT molecular complexity index is 445. The number of nitrogens with zero attached hydrogens (tertiary/aromatic N) is 1. The number of ether oxygens (including phenoxy) is 2. The van der Waals surface area contributed by atoms with E-state index < -0.39 is 11.9 Å². The standard InChI is InChI=1S/C12H15NO4/c1-8-5-9(2)7-13(6-8)10(11(14)16-3)12(15)17-4/h5-7H,1-4H3. The summed E-state index contributed by atoms with van der Waals surface area (Å²) in [5.41, 5.74) is 1.69. The number of carbonyl (C=O) groups excluding carboxylic acids is 1. The van der Waals surface area contributed by atoms with Gasteiger partial charge in [0, 0.05) is 11.1 Å². The summed E-state index contributed by atoms with van der Waals surface area (Å²) in [5, 5.41) is 11.6. The van der Waals surface area contributed by atoms with E-state index in [0.29, 0.717) is 0 Å². The largest absolute Gasteiger partial charge is 0.612 e. The van der Waals surface area contributed by atoms with E-state index in [9.17, 15) is 9.90 Å². The number of rotatable bonds is 3. The molecule has 5 nitrogen and oxygen atoms in total. The van der Waals surface area contributed by atoms with Gasteiger partial charge in [-0.2, -0.15) is 4.57 Å². The first-order valence-electron chi connectivity index (χ1n) is 5.03. The minimum absolute atomic E-state index is 0.165. The van der Waals surface area contributed by atoms with Gasteiger partial charge in [-0.05, 0) is 27.0 Å². The zero-order valence-corrected chi connectivity index (χ0v) is 10.3. The summed E-state index contributed by atoms with van der Waals surface area (Å²) in [6.07, 6.45) is 3.33. The lowest BCUT2D eigenvalue weighted by Gasteiger charge is -2.10. The van der Waals surface area contributed by atoms with E-state index in [1.54, 1.807) is 12.4 Å². The van der Waals surface area contributed by atoms with Crippen molar-refractivity contribution >= 4 is 11.7 Å². The Balaban J connectivity index is 3.38. The maximum absolute atomic E-state index is 11.6. The Hall–Kier alpha value is -2.04. The van der Waals surface area contributed by atoms with Gasteiger partial charge < -0.3 is 14.6 Å². The maximum Gasteiger partial charge on any atom is 0.405 e. The number of aromatic nitrogens is 1. The molecule has 92 valence electrons. The van der Waals surface area contributed by atoms with E-state index >= 15 is 0 Å². The molecule has 0 unspecified atom stereocenters. The van der Waals surface area contributed by atoms with Gasteiger partial charge in [-0.25, -0.2) is 4.79 Å². The number of hydrogen-bond acceptors (Lipinski definition) is 4. The summed E-state index contributed by atoms with van der Waals surface area (Å²) >= 11 is 0. The van der Waals surface area contributed by atoms with Crippen LogP contribution in [0.25, 0.3) is 5.70 Å². The Kier molecular flexibility index (Phi) is 4.09. The van der Waals surface area contributed by atoms with Crippen LogP contribution in [0.4, 0.5) is 0 Å². The molecule has 0 atom stereocenters. The smallest absolute Gasteiger partial charge is 0.405 e. The number of esters is 1. The molecule has 0 saturated carbocycles. The van der Waals surface area contributed by atoms with Gasteiger partial charge in [0.15, 0.2) is 12.4 Å². The van der Waals surface area contributed by atoms with Crippen LogP contribution in [0.5, 0.6) is 0 Å². The van der Waals surface area contributed by atoms with Crippen molar-refractivity contribution in [3.05, 3.63) is 35.5 Å². The molecule has 0 radical (unpaired) electrons. The van der Waals surface area contributed by atoms with E-state index in [2.05, 4.69) is 9.47 Å². The molecule has 1 aromatic rings. The molecule has 1 heterocycles. The highest BCUT2D eigenvalue weighted by atomic mass is 16.6. The van der Waals surface area contributed by atoms with Crippen LogP contribution in [0.3, 0.4) is 0 Å². The van der Waals surface area contributed by atoms with Crippen LogP contribution in [0, 0.1) is 13.8 Å². The molecule has 17 heavy (non-hydrogen) atoms. The topological polar surface area (TPSA) is 62.5 Å². The minimum atomic E-state index is -0.730. The first kappa shape index (κ1) is 13.0. The quantitative estimate of drug-likeness (QED) is 0.319. The molecule has 0 saturated heterocycles. The van der Waals surface area contributed by atoms with E-state index in [1.807, 2.05) is 19.9 Å². The van der Waals surface area contributed by atoms with Gasteiger partial charge in [0.2, 0.25) is 0 Å². The van der Waals surface area contributed by atoms with Gasteiger partial charge in [0.05, 0.1) is 7.11 Å². The van der Waals surface area contributed by atoms with Crippen LogP contribution in [0.2, 0.25) is 0 Å². The van der Waals surface area contributed by atoms with Crippen molar-refractivity contribution in [2.24, 2.45) is 0 Å². The second kappa shape index (κ2) is 5.34. The summed E-state index contributed by atoms with van der Waals surface area (Å²) < 4.78 is 10.6. The van der Waals surface area contributed by atoms with E-state index in [0.717, 1.165) is 11.1 Å². The van der Waals surface area contributed by atoms with E-state index in [4.69, 9.17) is 0 Å². The summed E-state index contributed by atoms with van der Waals surface area (Å²) in [6.45, 7) is 3.74. The average Bonchev–Trinajstić information content (AvgIpc) is 2.27. The van der Waals surface area contributed by atoms with Crippen LogP contribution in [0.15, 0.2) is 24.4 Å². The molecule has 0 aliphatic carbocycles. The predicted octanol–water partition coefficient (Wildman–Crippen LogP) is -0.103. The number of pyridine rings is 1. The third-order valence-corrected chi connectivity index (χ3v) is 2.16. The van der Waals surface area contributed by atoms with Gasteiger partial charge in [0.1, 0.15) is 5.95 Å². The lowest BCUT2D eigenvalue weighted by atomic mass is 10.2. The Morgan fingerprint density at radius 3 is 2.12 bits per heavy atom. The highest BCUT2D eigenvalue weighted by Gasteiger charge is 2.23.